The molecule has 1 aromatic rings. The van der Waals surface area contributed by atoms with E-state index in [1.54, 1.807) is 0 Å². The van der Waals surface area contributed by atoms with Crippen LogP contribution in [0.5, 0.6) is 0 Å². The van der Waals surface area contributed by atoms with Crippen molar-refractivity contribution < 1.29 is 0 Å². The summed E-state index contributed by atoms with van der Waals surface area (Å²) in [6.07, 6.45) is 5.01. The Balaban J connectivity index is 1.78. The number of rotatable bonds is 5. The van der Waals surface area contributed by atoms with Gasteiger partial charge in [0.2, 0.25) is 0 Å². The van der Waals surface area contributed by atoms with Gasteiger partial charge in [-0.2, -0.15) is 5.10 Å². The van der Waals surface area contributed by atoms with E-state index in [0.717, 1.165) is 32.0 Å². The number of hydrogen-bond acceptors (Lipinski definition) is 3. The summed E-state index contributed by atoms with van der Waals surface area (Å²) in [7, 11) is 2.07. The van der Waals surface area contributed by atoms with E-state index in [1.807, 2.05) is 0 Å². The van der Waals surface area contributed by atoms with Crippen LogP contribution in [0.4, 0.5) is 0 Å². The molecule has 1 saturated carbocycles. The third kappa shape index (κ3) is 3.20. The lowest BCUT2D eigenvalue weighted by molar-refractivity contribution is 0.103. The summed E-state index contributed by atoms with van der Waals surface area (Å²) in [5.41, 5.74) is 2.51. The molecule has 3 rings (SSSR count). The van der Waals surface area contributed by atoms with Crippen LogP contribution >= 0.6 is 15.9 Å². The van der Waals surface area contributed by atoms with Crippen LogP contribution in [-0.2, 0) is 20.0 Å². The Morgan fingerprint density at radius 2 is 2.10 bits per heavy atom. The molecule has 1 N–H and O–H groups in total. The molecule has 21 heavy (non-hydrogen) atoms. The number of nitrogens with zero attached hydrogens (tertiary/aromatic N) is 3. The quantitative estimate of drug-likeness (QED) is 0.882. The molecule has 2 unspecified atom stereocenters. The lowest BCUT2D eigenvalue weighted by Crippen LogP contribution is -2.56. The molecule has 1 aliphatic carbocycles. The van der Waals surface area contributed by atoms with Crippen LogP contribution in [0.2, 0.25) is 0 Å². The Bertz CT molecular complexity index is 495. The van der Waals surface area contributed by atoms with Gasteiger partial charge in [0.05, 0.1) is 15.9 Å². The highest BCUT2D eigenvalue weighted by atomic mass is 79.9. The number of aryl methyl sites for hydroxylation is 2. The molecule has 0 amide bonds. The van der Waals surface area contributed by atoms with E-state index in [9.17, 15) is 0 Å². The van der Waals surface area contributed by atoms with Crippen molar-refractivity contribution in [2.45, 2.75) is 58.2 Å². The van der Waals surface area contributed by atoms with E-state index in [2.05, 4.69) is 56.8 Å². The van der Waals surface area contributed by atoms with Crippen molar-refractivity contribution in [2.75, 3.05) is 13.1 Å². The van der Waals surface area contributed by atoms with Crippen molar-refractivity contribution in [1.82, 2.24) is 20.0 Å². The average Bonchev–Trinajstić information content (AvgIpc) is 3.29. The van der Waals surface area contributed by atoms with Gasteiger partial charge in [-0.25, -0.2) is 0 Å². The molecule has 2 fully saturated rings. The SMILES string of the molecule is CCc1nn(C)c(CN2CC(CC)NCC2C2CC2)c1Br. The van der Waals surface area contributed by atoms with Crippen LogP contribution in [-0.4, -0.2) is 39.9 Å². The maximum Gasteiger partial charge on any atom is 0.0767 e. The zero-order valence-electron chi connectivity index (χ0n) is 13.4. The highest BCUT2D eigenvalue weighted by molar-refractivity contribution is 9.10. The summed E-state index contributed by atoms with van der Waals surface area (Å²) in [6.45, 7) is 7.78. The van der Waals surface area contributed by atoms with Gasteiger partial charge < -0.3 is 5.32 Å². The van der Waals surface area contributed by atoms with Gasteiger partial charge in [0, 0.05) is 38.8 Å². The molecule has 0 aromatic carbocycles. The van der Waals surface area contributed by atoms with Crippen LogP contribution < -0.4 is 5.32 Å². The first-order chi connectivity index (χ1) is 10.1. The van der Waals surface area contributed by atoms with Crippen molar-refractivity contribution in [2.24, 2.45) is 13.0 Å². The lowest BCUT2D eigenvalue weighted by Gasteiger charge is -2.40. The van der Waals surface area contributed by atoms with Gasteiger partial charge >= 0.3 is 0 Å². The molecule has 2 atom stereocenters. The zero-order chi connectivity index (χ0) is 15.0. The Morgan fingerprint density at radius 1 is 1.33 bits per heavy atom. The van der Waals surface area contributed by atoms with Gasteiger partial charge in [-0.3, -0.25) is 9.58 Å². The standard InChI is InChI=1S/C16H27BrN4/c1-4-12-9-21(14(8-18-12)11-6-7-11)10-15-16(17)13(5-2)19-20(15)3/h11-12,14,18H,4-10H2,1-3H3. The molecule has 2 heterocycles. The molecule has 1 aromatic heterocycles. The minimum absolute atomic E-state index is 0.637. The first-order valence-corrected chi connectivity index (χ1v) is 9.11. The fourth-order valence-electron chi connectivity index (χ4n) is 3.48. The topological polar surface area (TPSA) is 33.1 Å². The first-order valence-electron chi connectivity index (χ1n) is 8.31. The Labute approximate surface area is 136 Å². The molecule has 1 saturated heterocycles. The van der Waals surface area contributed by atoms with Crippen LogP contribution in [0.3, 0.4) is 0 Å². The molecule has 2 aliphatic rings. The molecule has 1 aliphatic heterocycles. The van der Waals surface area contributed by atoms with Crippen molar-refractivity contribution in [1.29, 1.82) is 0 Å². The Morgan fingerprint density at radius 3 is 2.67 bits per heavy atom. The Kier molecular flexibility index (Phi) is 4.71. The van der Waals surface area contributed by atoms with E-state index in [1.165, 1.54) is 35.1 Å². The third-order valence-corrected chi connectivity index (χ3v) is 5.97. The molecule has 0 spiro atoms. The van der Waals surface area contributed by atoms with E-state index >= 15 is 0 Å². The third-order valence-electron chi connectivity index (χ3n) is 5.05. The second-order valence-corrected chi connectivity index (χ2v) is 7.33. The molecule has 0 bridgehead atoms. The fourth-order valence-corrected chi connectivity index (χ4v) is 4.23. The van der Waals surface area contributed by atoms with Gasteiger partial charge in [0.1, 0.15) is 0 Å². The fraction of sp³-hybridized carbons (Fsp3) is 0.812. The molecular formula is C16H27BrN4. The van der Waals surface area contributed by atoms with Gasteiger partial charge in [-0.15, -0.1) is 0 Å². The van der Waals surface area contributed by atoms with Crippen LogP contribution in [0.1, 0.15) is 44.5 Å². The Hall–Kier alpha value is -0.390. The number of piperazine rings is 1. The van der Waals surface area contributed by atoms with Gasteiger partial charge in [-0.05, 0) is 47.5 Å². The minimum atomic E-state index is 0.637. The number of halogens is 1. The van der Waals surface area contributed by atoms with Gasteiger partial charge in [0.25, 0.3) is 0 Å². The summed E-state index contributed by atoms with van der Waals surface area (Å²) in [4.78, 5) is 2.70. The monoisotopic (exact) mass is 354 g/mol. The highest BCUT2D eigenvalue weighted by Gasteiger charge is 2.38. The molecular weight excluding hydrogens is 328 g/mol. The van der Waals surface area contributed by atoms with Crippen molar-refractivity contribution in [3.63, 3.8) is 0 Å². The maximum atomic E-state index is 4.65. The summed E-state index contributed by atoms with van der Waals surface area (Å²) in [6, 6.07) is 1.34. The smallest absolute Gasteiger partial charge is 0.0767 e. The van der Waals surface area contributed by atoms with Crippen LogP contribution in [0.15, 0.2) is 4.47 Å². The van der Waals surface area contributed by atoms with Crippen molar-refractivity contribution in [3.05, 3.63) is 15.9 Å². The van der Waals surface area contributed by atoms with Crippen molar-refractivity contribution in [3.8, 4) is 0 Å². The summed E-state index contributed by atoms with van der Waals surface area (Å²) in [5.74, 6) is 0.910. The summed E-state index contributed by atoms with van der Waals surface area (Å²) in [5, 5.41) is 8.37. The maximum absolute atomic E-state index is 4.65. The number of nitrogens with one attached hydrogen (secondary N) is 1. The van der Waals surface area contributed by atoms with E-state index < -0.39 is 0 Å². The second kappa shape index (κ2) is 6.39. The summed E-state index contributed by atoms with van der Waals surface area (Å²) >= 11 is 3.77. The molecule has 0 radical (unpaired) electrons. The van der Waals surface area contributed by atoms with E-state index in [-0.39, 0.29) is 0 Å². The van der Waals surface area contributed by atoms with Crippen molar-refractivity contribution >= 4 is 15.9 Å². The average molecular weight is 355 g/mol. The van der Waals surface area contributed by atoms with Crippen LogP contribution in [0.25, 0.3) is 0 Å². The highest BCUT2D eigenvalue weighted by Crippen LogP contribution is 2.37. The van der Waals surface area contributed by atoms with E-state index in [4.69, 9.17) is 0 Å². The predicted octanol–water partition coefficient (Wildman–Crippen LogP) is 2.71. The van der Waals surface area contributed by atoms with E-state index in [0.29, 0.717) is 12.1 Å². The zero-order valence-corrected chi connectivity index (χ0v) is 15.0. The molecule has 5 heteroatoms. The van der Waals surface area contributed by atoms with Gasteiger partial charge in [-0.1, -0.05) is 13.8 Å². The van der Waals surface area contributed by atoms with Crippen LogP contribution in [0, 0.1) is 5.92 Å². The number of hydrogen-bond donors (Lipinski definition) is 1. The first kappa shape index (κ1) is 15.5. The largest absolute Gasteiger partial charge is 0.311 e. The molecule has 118 valence electrons. The summed E-state index contributed by atoms with van der Waals surface area (Å²) < 4.78 is 3.28. The molecule has 4 nitrogen and oxygen atoms in total. The predicted molar refractivity (Wildman–Crippen MR) is 89.3 cm³/mol. The van der Waals surface area contributed by atoms with Gasteiger partial charge in [0.15, 0.2) is 0 Å². The normalized spacial score (nSPS) is 27.2. The second-order valence-electron chi connectivity index (χ2n) is 6.53. The minimum Gasteiger partial charge on any atom is -0.311 e. The number of aromatic nitrogens is 2. The lowest BCUT2D eigenvalue weighted by atomic mass is 10.0.